The molecular formula is C24H32N4O2S. The number of fused-ring (bicyclic) bond motifs is 2. The van der Waals surface area contributed by atoms with Crippen molar-refractivity contribution >= 4 is 17.7 Å². The second kappa shape index (κ2) is 9.27. The molecule has 166 valence electrons. The average Bonchev–Trinajstić information content (AvgIpc) is 2.82. The van der Waals surface area contributed by atoms with E-state index in [1.807, 2.05) is 24.4 Å². The topological polar surface area (TPSA) is 62.0 Å². The summed E-state index contributed by atoms with van der Waals surface area (Å²) in [6, 6.07) is 10.9. The van der Waals surface area contributed by atoms with Crippen LogP contribution in [0.4, 0.5) is 0 Å². The quantitative estimate of drug-likeness (QED) is 0.760. The summed E-state index contributed by atoms with van der Waals surface area (Å²) >= 11 is 2.08. The van der Waals surface area contributed by atoms with Crippen molar-refractivity contribution in [3.63, 3.8) is 0 Å². The van der Waals surface area contributed by atoms with Gasteiger partial charge in [-0.1, -0.05) is 30.3 Å². The van der Waals surface area contributed by atoms with E-state index in [4.69, 9.17) is 10.5 Å². The predicted octanol–water partition coefficient (Wildman–Crippen LogP) is 2.73. The molecule has 3 saturated heterocycles. The molecule has 0 saturated carbocycles. The fourth-order valence-corrected chi connectivity index (χ4v) is 6.38. The molecule has 2 N–H and O–H groups in total. The maximum atomic E-state index is 12.1. The first-order valence-electron chi connectivity index (χ1n) is 11.4. The van der Waals surface area contributed by atoms with Gasteiger partial charge in [-0.05, 0) is 36.3 Å². The van der Waals surface area contributed by atoms with E-state index in [-0.39, 0.29) is 5.91 Å². The molecular weight excluding hydrogens is 408 g/mol. The highest BCUT2D eigenvalue weighted by Crippen LogP contribution is 2.35. The number of ether oxygens (including phenoxy) is 1. The summed E-state index contributed by atoms with van der Waals surface area (Å²) < 4.78 is 6.29. The number of thioether (sulfide) groups is 1. The second-order valence-electron chi connectivity index (χ2n) is 8.88. The molecule has 1 atom stereocenters. The highest BCUT2D eigenvalue weighted by molar-refractivity contribution is 7.99. The van der Waals surface area contributed by atoms with Crippen LogP contribution in [0.1, 0.15) is 31.2 Å². The molecule has 0 bridgehead atoms. The van der Waals surface area contributed by atoms with Gasteiger partial charge in [0, 0.05) is 43.9 Å². The average molecular weight is 441 g/mol. The predicted molar refractivity (Wildman–Crippen MR) is 124 cm³/mol. The van der Waals surface area contributed by atoms with E-state index >= 15 is 0 Å². The first-order chi connectivity index (χ1) is 15.2. The van der Waals surface area contributed by atoms with Crippen molar-refractivity contribution in [2.24, 2.45) is 5.73 Å². The number of carbonyl (C=O) groups excluding carboxylic acids is 1. The first kappa shape index (κ1) is 20.9. The lowest BCUT2D eigenvalue weighted by Crippen LogP contribution is -2.64. The zero-order valence-corrected chi connectivity index (χ0v) is 18.9. The van der Waals surface area contributed by atoms with Crippen LogP contribution < -0.4 is 5.73 Å². The summed E-state index contributed by atoms with van der Waals surface area (Å²) in [6.45, 7) is 4.55. The van der Waals surface area contributed by atoms with Gasteiger partial charge in [0.25, 0.3) is 0 Å². The lowest BCUT2D eigenvalue weighted by molar-refractivity contribution is -0.115. The first-order valence-corrected chi connectivity index (χ1v) is 12.6. The highest BCUT2D eigenvalue weighted by atomic mass is 32.2. The van der Waals surface area contributed by atoms with Crippen LogP contribution in [0.3, 0.4) is 0 Å². The van der Waals surface area contributed by atoms with E-state index in [1.54, 1.807) is 0 Å². The summed E-state index contributed by atoms with van der Waals surface area (Å²) in [7, 11) is 0. The largest absolute Gasteiger partial charge is 0.491 e. The van der Waals surface area contributed by atoms with Gasteiger partial charge >= 0.3 is 0 Å². The normalized spacial score (nSPS) is 25.6. The van der Waals surface area contributed by atoms with E-state index < -0.39 is 0 Å². The van der Waals surface area contributed by atoms with Crippen LogP contribution in [0.2, 0.25) is 0 Å². The SMILES string of the molecule is NC(=O)C1=CN2CC3N(CCCN3C3CCSCC3)CC2=C(OCc2ccccc2)C1. The van der Waals surface area contributed by atoms with Crippen LogP contribution in [0, 0.1) is 0 Å². The van der Waals surface area contributed by atoms with Crippen LogP contribution in [-0.2, 0) is 16.1 Å². The Labute approximate surface area is 189 Å². The number of nitrogens with two attached hydrogens (primary N) is 1. The molecule has 4 aliphatic rings. The van der Waals surface area contributed by atoms with Crippen molar-refractivity contribution in [1.82, 2.24) is 14.7 Å². The van der Waals surface area contributed by atoms with Crippen molar-refractivity contribution in [2.75, 3.05) is 37.7 Å². The Bertz CT molecular complexity index is 866. The molecule has 1 unspecified atom stereocenters. The summed E-state index contributed by atoms with van der Waals surface area (Å²) in [5.41, 5.74) is 8.66. The molecule has 5 rings (SSSR count). The van der Waals surface area contributed by atoms with Crippen LogP contribution in [-0.4, -0.2) is 70.5 Å². The number of hydrogen-bond donors (Lipinski definition) is 1. The van der Waals surface area contributed by atoms with E-state index in [9.17, 15) is 4.79 Å². The van der Waals surface area contributed by atoms with E-state index in [2.05, 4.69) is 38.6 Å². The van der Waals surface area contributed by atoms with Gasteiger partial charge in [-0.15, -0.1) is 0 Å². The Hall–Kier alpha value is -1.96. The number of rotatable bonds is 5. The molecule has 0 aromatic heterocycles. The van der Waals surface area contributed by atoms with Gasteiger partial charge in [-0.3, -0.25) is 14.6 Å². The van der Waals surface area contributed by atoms with Crippen molar-refractivity contribution < 1.29 is 9.53 Å². The molecule has 4 aliphatic heterocycles. The minimum atomic E-state index is -0.355. The number of nitrogens with zero attached hydrogens (tertiary/aromatic N) is 3. The van der Waals surface area contributed by atoms with Crippen LogP contribution in [0.5, 0.6) is 0 Å². The van der Waals surface area contributed by atoms with Crippen molar-refractivity contribution in [2.45, 2.75) is 44.5 Å². The third kappa shape index (κ3) is 4.49. The zero-order chi connectivity index (χ0) is 21.2. The molecule has 1 aromatic rings. The molecule has 3 fully saturated rings. The summed E-state index contributed by atoms with van der Waals surface area (Å²) in [4.78, 5) is 19.7. The standard InChI is InChI=1S/C24H32N4O2S/c25-24(29)19-13-22(30-17-18-5-2-1-3-6-18)21-15-26-9-4-10-28(20-7-11-31-12-8-20)23(26)16-27(21)14-19/h1-3,5-6,14,20,23H,4,7-13,15-17H2,(H2,25,29). The van der Waals surface area contributed by atoms with Crippen molar-refractivity contribution in [3.8, 4) is 0 Å². The minimum absolute atomic E-state index is 0.355. The van der Waals surface area contributed by atoms with Gasteiger partial charge in [-0.25, -0.2) is 0 Å². The highest BCUT2D eigenvalue weighted by Gasteiger charge is 2.41. The molecule has 6 nitrogen and oxygen atoms in total. The fourth-order valence-electron chi connectivity index (χ4n) is 5.30. The van der Waals surface area contributed by atoms with Gasteiger partial charge in [0.15, 0.2) is 0 Å². The fraction of sp³-hybridized carbons (Fsp3) is 0.542. The smallest absolute Gasteiger partial charge is 0.246 e. The number of primary amides is 1. The summed E-state index contributed by atoms with van der Waals surface area (Å²) in [5, 5.41) is 0. The lowest BCUT2D eigenvalue weighted by atomic mass is 9.99. The van der Waals surface area contributed by atoms with Crippen LogP contribution in [0.15, 0.2) is 53.6 Å². The molecule has 0 radical (unpaired) electrons. The van der Waals surface area contributed by atoms with Gasteiger partial charge in [-0.2, -0.15) is 11.8 Å². The molecule has 0 aliphatic carbocycles. The Kier molecular flexibility index (Phi) is 6.25. The Morgan fingerprint density at radius 1 is 1.16 bits per heavy atom. The maximum absolute atomic E-state index is 12.1. The third-order valence-electron chi connectivity index (χ3n) is 6.94. The molecule has 1 amide bonds. The molecule has 31 heavy (non-hydrogen) atoms. The van der Waals surface area contributed by atoms with Gasteiger partial charge in [0.05, 0.1) is 18.4 Å². The number of hydrogen-bond acceptors (Lipinski definition) is 6. The Balaban J connectivity index is 1.38. The van der Waals surface area contributed by atoms with Gasteiger partial charge in [0.2, 0.25) is 5.91 Å². The number of carbonyl (C=O) groups is 1. The van der Waals surface area contributed by atoms with Gasteiger partial charge < -0.3 is 15.4 Å². The lowest BCUT2D eigenvalue weighted by Gasteiger charge is -2.53. The van der Waals surface area contributed by atoms with E-state index in [0.29, 0.717) is 30.8 Å². The molecule has 4 heterocycles. The van der Waals surface area contributed by atoms with Gasteiger partial charge in [0.1, 0.15) is 12.4 Å². The Morgan fingerprint density at radius 2 is 1.97 bits per heavy atom. The van der Waals surface area contributed by atoms with E-state index in [1.165, 1.54) is 43.0 Å². The second-order valence-corrected chi connectivity index (χ2v) is 10.1. The summed E-state index contributed by atoms with van der Waals surface area (Å²) in [5.74, 6) is 3.08. The number of benzene rings is 1. The maximum Gasteiger partial charge on any atom is 0.246 e. The number of allylic oxidation sites excluding steroid dienone is 1. The molecule has 0 spiro atoms. The Morgan fingerprint density at radius 3 is 2.74 bits per heavy atom. The summed E-state index contributed by atoms with van der Waals surface area (Å²) in [6.07, 6.45) is 6.64. The number of piperazine rings is 1. The van der Waals surface area contributed by atoms with Crippen LogP contribution in [0.25, 0.3) is 0 Å². The monoisotopic (exact) mass is 440 g/mol. The minimum Gasteiger partial charge on any atom is -0.491 e. The van der Waals surface area contributed by atoms with Crippen molar-refractivity contribution in [3.05, 3.63) is 59.1 Å². The van der Waals surface area contributed by atoms with Crippen LogP contribution >= 0.6 is 11.8 Å². The van der Waals surface area contributed by atoms with Crippen molar-refractivity contribution in [1.29, 1.82) is 0 Å². The zero-order valence-electron chi connectivity index (χ0n) is 18.0. The van der Waals surface area contributed by atoms with E-state index in [0.717, 1.165) is 31.0 Å². The molecule has 1 aromatic carbocycles. The third-order valence-corrected chi connectivity index (χ3v) is 7.99. The molecule has 7 heteroatoms. The number of amides is 1.